The van der Waals surface area contributed by atoms with E-state index in [9.17, 15) is 0 Å². The lowest BCUT2D eigenvalue weighted by Crippen LogP contribution is -2.41. The van der Waals surface area contributed by atoms with Gasteiger partial charge in [-0.1, -0.05) is 6.07 Å². The molecule has 1 saturated heterocycles. The number of likely N-dealkylation sites (tertiary alicyclic amines) is 1. The zero-order chi connectivity index (χ0) is 18.8. The smallest absolute Gasteiger partial charge is 0.194 e. The highest BCUT2D eigenvalue weighted by molar-refractivity contribution is 5.80. The summed E-state index contributed by atoms with van der Waals surface area (Å²) >= 11 is 0. The van der Waals surface area contributed by atoms with Gasteiger partial charge in [-0.3, -0.25) is 0 Å². The Hall–Kier alpha value is -1.95. The molecule has 0 bridgehead atoms. The van der Waals surface area contributed by atoms with Gasteiger partial charge in [0.2, 0.25) is 0 Å². The quantitative estimate of drug-likeness (QED) is 0.540. The molecule has 146 valence electrons. The van der Waals surface area contributed by atoms with Gasteiger partial charge in [0.1, 0.15) is 17.6 Å². The first-order valence-corrected chi connectivity index (χ1v) is 9.57. The molecule has 1 aromatic carbocycles. The average Bonchev–Trinajstić information content (AvgIpc) is 3.12. The Labute approximate surface area is 157 Å². The average molecular weight is 364 g/mol. The SMILES string of the molecule is CCNC(=NCC(C)Oc1cccc(OC)c1)N1CCC(COCC)C1. The predicted octanol–water partition coefficient (Wildman–Crippen LogP) is 2.79. The zero-order valence-electron chi connectivity index (χ0n) is 16.5. The molecule has 0 aliphatic carbocycles. The maximum Gasteiger partial charge on any atom is 0.194 e. The van der Waals surface area contributed by atoms with Crippen LogP contribution in [0.15, 0.2) is 29.3 Å². The highest BCUT2D eigenvalue weighted by Crippen LogP contribution is 2.20. The molecule has 6 heteroatoms. The third-order valence-corrected chi connectivity index (χ3v) is 4.35. The van der Waals surface area contributed by atoms with E-state index in [-0.39, 0.29) is 6.10 Å². The summed E-state index contributed by atoms with van der Waals surface area (Å²) in [6.45, 7) is 11.3. The predicted molar refractivity (Wildman–Crippen MR) is 105 cm³/mol. The third-order valence-electron chi connectivity index (χ3n) is 4.35. The molecule has 1 N–H and O–H groups in total. The summed E-state index contributed by atoms with van der Waals surface area (Å²) in [7, 11) is 1.66. The second-order valence-electron chi connectivity index (χ2n) is 6.56. The number of ether oxygens (including phenoxy) is 3. The minimum atomic E-state index is -0.0161. The fourth-order valence-corrected chi connectivity index (χ4v) is 3.03. The summed E-state index contributed by atoms with van der Waals surface area (Å²) < 4.78 is 16.8. The van der Waals surface area contributed by atoms with Gasteiger partial charge in [0.05, 0.1) is 20.3 Å². The molecule has 2 atom stereocenters. The van der Waals surface area contributed by atoms with E-state index in [1.165, 1.54) is 0 Å². The van der Waals surface area contributed by atoms with Crippen LogP contribution in [0.1, 0.15) is 27.2 Å². The molecule has 1 aliphatic heterocycles. The van der Waals surface area contributed by atoms with Crippen molar-refractivity contribution in [3.8, 4) is 11.5 Å². The first-order valence-electron chi connectivity index (χ1n) is 9.57. The first-order chi connectivity index (χ1) is 12.7. The fourth-order valence-electron chi connectivity index (χ4n) is 3.03. The fraction of sp³-hybridized carbons (Fsp3) is 0.650. The molecule has 26 heavy (non-hydrogen) atoms. The number of guanidine groups is 1. The van der Waals surface area contributed by atoms with Crippen LogP contribution >= 0.6 is 0 Å². The van der Waals surface area contributed by atoms with E-state index < -0.39 is 0 Å². The molecule has 1 fully saturated rings. The summed E-state index contributed by atoms with van der Waals surface area (Å²) in [4.78, 5) is 7.11. The van der Waals surface area contributed by atoms with E-state index in [1.807, 2.05) is 38.1 Å². The minimum Gasteiger partial charge on any atom is -0.497 e. The maximum atomic E-state index is 5.97. The molecule has 0 spiro atoms. The molecule has 1 heterocycles. The highest BCUT2D eigenvalue weighted by atomic mass is 16.5. The van der Waals surface area contributed by atoms with Crippen LogP contribution in [0, 0.1) is 5.92 Å². The Morgan fingerprint density at radius 3 is 2.88 bits per heavy atom. The number of hydrogen-bond acceptors (Lipinski definition) is 4. The molecule has 2 rings (SSSR count). The zero-order valence-corrected chi connectivity index (χ0v) is 16.5. The molecular weight excluding hydrogens is 330 g/mol. The normalized spacial score (nSPS) is 18.7. The van der Waals surface area contributed by atoms with E-state index in [0.29, 0.717) is 12.5 Å². The Balaban J connectivity index is 1.89. The van der Waals surface area contributed by atoms with Crippen molar-refractivity contribution in [3.63, 3.8) is 0 Å². The molecule has 0 amide bonds. The van der Waals surface area contributed by atoms with Gasteiger partial charge in [0.25, 0.3) is 0 Å². The lowest BCUT2D eigenvalue weighted by molar-refractivity contribution is 0.114. The number of nitrogens with one attached hydrogen (secondary N) is 1. The van der Waals surface area contributed by atoms with Gasteiger partial charge in [0, 0.05) is 38.2 Å². The summed E-state index contributed by atoms with van der Waals surface area (Å²) in [6.07, 6.45) is 1.14. The van der Waals surface area contributed by atoms with Crippen LogP contribution in [0.5, 0.6) is 11.5 Å². The summed E-state index contributed by atoms with van der Waals surface area (Å²) in [5, 5.41) is 3.40. The minimum absolute atomic E-state index is 0.0161. The molecule has 6 nitrogen and oxygen atoms in total. The van der Waals surface area contributed by atoms with Gasteiger partial charge in [0.15, 0.2) is 5.96 Å². The number of hydrogen-bond donors (Lipinski definition) is 1. The maximum absolute atomic E-state index is 5.97. The number of benzene rings is 1. The van der Waals surface area contributed by atoms with E-state index in [2.05, 4.69) is 17.1 Å². The van der Waals surface area contributed by atoms with E-state index >= 15 is 0 Å². The topological polar surface area (TPSA) is 55.3 Å². The lowest BCUT2D eigenvalue weighted by atomic mass is 10.1. The van der Waals surface area contributed by atoms with Crippen LogP contribution in [-0.4, -0.2) is 63.5 Å². The van der Waals surface area contributed by atoms with Gasteiger partial charge in [-0.2, -0.15) is 0 Å². The molecule has 0 aromatic heterocycles. The number of nitrogens with zero attached hydrogens (tertiary/aromatic N) is 2. The highest BCUT2D eigenvalue weighted by Gasteiger charge is 2.25. The summed E-state index contributed by atoms with van der Waals surface area (Å²) in [5.41, 5.74) is 0. The van der Waals surface area contributed by atoms with Crippen molar-refractivity contribution >= 4 is 5.96 Å². The van der Waals surface area contributed by atoms with E-state index in [4.69, 9.17) is 19.2 Å². The van der Waals surface area contributed by atoms with Crippen LogP contribution < -0.4 is 14.8 Å². The van der Waals surface area contributed by atoms with Crippen LogP contribution in [0.2, 0.25) is 0 Å². The second-order valence-corrected chi connectivity index (χ2v) is 6.56. The van der Waals surface area contributed by atoms with Crippen molar-refractivity contribution in [2.24, 2.45) is 10.9 Å². The van der Waals surface area contributed by atoms with E-state index in [0.717, 1.165) is 56.7 Å². The Kier molecular flexibility index (Phi) is 8.54. The molecule has 0 saturated carbocycles. The van der Waals surface area contributed by atoms with Crippen LogP contribution in [0.25, 0.3) is 0 Å². The Bertz CT molecular complexity index is 565. The number of methoxy groups -OCH3 is 1. The third kappa shape index (κ3) is 6.41. The van der Waals surface area contributed by atoms with Gasteiger partial charge in [-0.15, -0.1) is 0 Å². The monoisotopic (exact) mass is 363 g/mol. The lowest BCUT2D eigenvalue weighted by Gasteiger charge is -2.22. The number of aliphatic imine (C=N–C) groups is 1. The Morgan fingerprint density at radius 2 is 2.15 bits per heavy atom. The molecule has 1 aliphatic rings. The van der Waals surface area contributed by atoms with Crippen molar-refractivity contribution in [1.82, 2.24) is 10.2 Å². The summed E-state index contributed by atoms with van der Waals surface area (Å²) in [5.74, 6) is 3.15. The molecule has 0 radical (unpaired) electrons. The van der Waals surface area contributed by atoms with E-state index in [1.54, 1.807) is 7.11 Å². The summed E-state index contributed by atoms with van der Waals surface area (Å²) in [6, 6.07) is 7.67. The number of rotatable bonds is 9. The second kappa shape index (κ2) is 10.9. The van der Waals surface area contributed by atoms with Gasteiger partial charge >= 0.3 is 0 Å². The van der Waals surface area contributed by atoms with Gasteiger partial charge in [-0.25, -0.2) is 4.99 Å². The largest absolute Gasteiger partial charge is 0.497 e. The van der Waals surface area contributed by atoms with Crippen molar-refractivity contribution in [1.29, 1.82) is 0 Å². The van der Waals surface area contributed by atoms with Crippen molar-refractivity contribution in [2.45, 2.75) is 33.3 Å². The van der Waals surface area contributed by atoms with Crippen LogP contribution in [-0.2, 0) is 4.74 Å². The van der Waals surface area contributed by atoms with Crippen LogP contribution in [0.4, 0.5) is 0 Å². The van der Waals surface area contributed by atoms with Crippen LogP contribution in [0.3, 0.4) is 0 Å². The van der Waals surface area contributed by atoms with Crippen molar-refractivity contribution in [2.75, 3.05) is 46.5 Å². The standard InChI is InChI=1S/C20H33N3O3/c1-5-21-20(23-11-10-17(14-23)15-25-6-2)22-13-16(3)26-19-9-7-8-18(12-19)24-4/h7-9,12,16-17H,5-6,10-11,13-15H2,1-4H3,(H,21,22). The van der Waals surface area contributed by atoms with Gasteiger partial charge in [-0.05, 0) is 39.3 Å². The Morgan fingerprint density at radius 1 is 1.35 bits per heavy atom. The van der Waals surface area contributed by atoms with Crippen molar-refractivity contribution < 1.29 is 14.2 Å². The first kappa shape index (κ1) is 20.4. The molecule has 1 aromatic rings. The van der Waals surface area contributed by atoms with Gasteiger partial charge < -0.3 is 24.4 Å². The molecular formula is C20H33N3O3. The molecule has 2 unspecified atom stereocenters. The van der Waals surface area contributed by atoms with Crippen molar-refractivity contribution in [3.05, 3.63) is 24.3 Å².